The molecule has 0 fully saturated rings. The lowest BCUT2D eigenvalue weighted by Crippen LogP contribution is -2.05. The highest BCUT2D eigenvalue weighted by Gasteiger charge is 2.17. The molecule has 3 aromatic carbocycles. The second-order valence-electron chi connectivity index (χ2n) is 8.10. The van der Waals surface area contributed by atoms with Crippen LogP contribution < -0.4 is 5.73 Å². The SMILES string of the molecule is [B]n1cccc1/C(CCN)=C1N=C(/C=C/c2c3ccccc3cc3ccccc23)C=C\1C. The number of rotatable bonds is 5. The van der Waals surface area contributed by atoms with E-state index in [9.17, 15) is 0 Å². The Balaban J connectivity index is 1.61. The molecular weight excluding hydrogens is 389 g/mol. The molecule has 0 amide bonds. The molecule has 0 spiro atoms. The third-order valence-corrected chi connectivity index (χ3v) is 5.98. The highest BCUT2D eigenvalue weighted by atomic mass is 14.9. The number of hydrogen-bond acceptors (Lipinski definition) is 2. The lowest BCUT2D eigenvalue weighted by atomic mass is 9.96. The zero-order valence-electron chi connectivity index (χ0n) is 18.1. The Kier molecular flexibility index (Phi) is 5.38. The summed E-state index contributed by atoms with van der Waals surface area (Å²) in [5.74, 6) is 0. The monoisotopic (exact) mass is 413 g/mol. The first-order valence-corrected chi connectivity index (χ1v) is 10.9. The standard InChI is InChI=1S/C28H24BN3/c1-19-17-22(31-28(19)26(14-15-30)27-11-6-16-32(27)29)12-13-25-23-9-4-2-7-20(23)18-21-8-3-5-10-24(21)25/h2-13,16-18H,14-15,30H2,1H3/b13-12+,28-26-. The van der Waals surface area contributed by atoms with Crippen molar-refractivity contribution in [2.75, 3.05) is 6.54 Å². The minimum atomic E-state index is 0.542. The van der Waals surface area contributed by atoms with E-state index in [0.29, 0.717) is 6.54 Å². The quantitative estimate of drug-likeness (QED) is 0.321. The van der Waals surface area contributed by atoms with Gasteiger partial charge in [-0.3, -0.25) is 0 Å². The van der Waals surface area contributed by atoms with Gasteiger partial charge in [0.05, 0.1) is 11.4 Å². The van der Waals surface area contributed by atoms with E-state index in [2.05, 4.69) is 79.7 Å². The number of nitrogens with zero attached hydrogens (tertiary/aromatic N) is 2. The number of fused-ring (bicyclic) bond motifs is 2. The third-order valence-electron chi connectivity index (χ3n) is 5.98. The van der Waals surface area contributed by atoms with Crippen LogP contribution in [0.2, 0.25) is 0 Å². The Morgan fingerprint density at radius 2 is 1.66 bits per heavy atom. The fraction of sp³-hybridized carbons (Fsp3) is 0.107. The summed E-state index contributed by atoms with van der Waals surface area (Å²) in [5.41, 5.74) is 12.2. The molecule has 0 bridgehead atoms. The van der Waals surface area contributed by atoms with Gasteiger partial charge in [0.2, 0.25) is 7.98 Å². The maximum atomic E-state index is 6.12. The van der Waals surface area contributed by atoms with Crippen LogP contribution in [-0.4, -0.2) is 24.7 Å². The Morgan fingerprint density at radius 3 is 2.28 bits per heavy atom. The fourth-order valence-corrected chi connectivity index (χ4v) is 4.49. The zero-order chi connectivity index (χ0) is 22.1. The van der Waals surface area contributed by atoms with Crippen LogP contribution in [0.5, 0.6) is 0 Å². The second kappa shape index (κ2) is 8.48. The van der Waals surface area contributed by atoms with Crippen LogP contribution in [0.4, 0.5) is 0 Å². The third kappa shape index (κ3) is 3.63. The summed E-state index contributed by atoms with van der Waals surface area (Å²) in [6.45, 7) is 2.63. The highest BCUT2D eigenvalue weighted by molar-refractivity contribution is 6.14. The molecule has 0 saturated carbocycles. The maximum absolute atomic E-state index is 6.12. The minimum absolute atomic E-state index is 0.542. The number of aromatic nitrogens is 1. The van der Waals surface area contributed by atoms with Crippen LogP contribution in [0.3, 0.4) is 0 Å². The summed E-state index contributed by atoms with van der Waals surface area (Å²) in [5, 5.41) is 4.95. The molecule has 2 radical (unpaired) electrons. The second-order valence-corrected chi connectivity index (χ2v) is 8.10. The van der Waals surface area contributed by atoms with E-state index in [1.807, 2.05) is 18.3 Å². The Labute approximate surface area is 189 Å². The van der Waals surface area contributed by atoms with Gasteiger partial charge in [-0.25, -0.2) is 4.99 Å². The van der Waals surface area contributed by atoms with E-state index in [4.69, 9.17) is 18.7 Å². The van der Waals surface area contributed by atoms with Gasteiger partial charge in [0.1, 0.15) is 0 Å². The van der Waals surface area contributed by atoms with Crippen molar-refractivity contribution in [2.45, 2.75) is 13.3 Å². The number of hydrogen-bond donors (Lipinski definition) is 1. The van der Waals surface area contributed by atoms with Crippen molar-refractivity contribution in [3.63, 3.8) is 0 Å². The van der Waals surface area contributed by atoms with E-state index in [1.165, 1.54) is 27.1 Å². The van der Waals surface area contributed by atoms with Gasteiger partial charge in [0.25, 0.3) is 0 Å². The van der Waals surface area contributed by atoms with Crippen LogP contribution in [0.15, 0.2) is 101 Å². The molecule has 1 aliphatic heterocycles. The van der Waals surface area contributed by atoms with Crippen LogP contribution >= 0.6 is 0 Å². The zero-order valence-corrected chi connectivity index (χ0v) is 18.1. The topological polar surface area (TPSA) is 43.3 Å². The van der Waals surface area contributed by atoms with E-state index < -0.39 is 0 Å². The Morgan fingerprint density at radius 1 is 0.969 bits per heavy atom. The average Bonchev–Trinajstić information content (AvgIpc) is 3.40. The Hall–Kier alpha value is -3.63. The lowest BCUT2D eigenvalue weighted by molar-refractivity contribution is 0.997. The molecule has 4 heteroatoms. The van der Waals surface area contributed by atoms with Crippen molar-refractivity contribution in [1.29, 1.82) is 0 Å². The Bertz CT molecular complexity index is 1400. The molecule has 0 saturated heterocycles. The van der Waals surface area contributed by atoms with E-state index in [0.717, 1.165) is 34.7 Å². The van der Waals surface area contributed by atoms with Gasteiger partial charge in [-0.05, 0) is 89.1 Å². The molecule has 1 aromatic heterocycles. The van der Waals surface area contributed by atoms with E-state index in [1.54, 1.807) is 4.48 Å². The summed E-state index contributed by atoms with van der Waals surface area (Å²) in [7, 11) is 6.12. The molecule has 5 rings (SSSR count). The lowest BCUT2D eigenvalue weighted by Gasteiger charge is -2.12. The van der Waals surface area contributed by atoms with Gasteiger partial charge < -0.3 is 10.2 Å². The molecule has 32 heavy (non-hydrogen) atoms. The molecule has 4 aromatic rings. The van der Waals surface area contributed by atoms with Gasteiger partial charge in [-0.15, -0.1) is 0 Å². The number of allylic oxidation sites excluding steroid dienone is 3. The van der Waals surface area contributed by atoms with Gasteiger partial charge in [-0.1, -0.05) is 54.6 Å². The van der Waals surface area contributed by atoms with Crippen molar-refractivity contribution in [1.82, 2.24) is 4.48 Å². The summed E-state index contributed by atoms with van der Waals surface area (Å²) in [4.78, 5) is 4.95. The maximum Gasteiger partial charge on any atom is 0.234 e. The van der Waals surface area contributed by atoms with Gasteiger partial charge in [-0.2, -0.15) is 0 Å². The first-order chi connectivity index (χ1) is 15.7. The fourth-order valence-electron chi connectivity index (χ4n) is 4.49. The normalized spacial score (nSPS) is 15.6. The van der Waals surface area contributed by atoms with Gasteiger partial charge >= 0.3 is 0 Å². The van der Waals surface area contributed by atoms with Crippen molar-refractivity contribution in [2.24, 2.45) is 10.7 Å². The van der Waals surface area contributed by atoms with Crippen molar-refractivity contribution >= 4 is 46.9 Å². The molecule has 0 unspecified atom stereocenters. The minimum Gasteiger partial charge on any atom is -0.403 e. The van der Waals surface area contributed by atoms with Crippen molar-refractivity contribution in [3.8, 4) is 0 Å². The molecule has 1 aliphatic rings. The predicted molar refractivity (Wildman–Crippen MR) is 138 cm³/mol. The summed E-state index contributed by atoms with van der Waals surface area (Å²) < 4.78 is 1.64. The first kappa shape index (κ1) is 20.3. The first-order valence-electron chi connectivity index (χ1n) is 10.9. The number of nitrogens with two attached hydrogens (primary N) is 1. The summed E-state index contributed by atoms with van der Waals surface area (Å²) in [6.07, 6.45) is 8.98. The smallest absolute Gasteiger partial charge is 0.234 e. The van der Waals surface area contributed by atoms with E-state index in [-0.39, 0.29) is 0 Å². The van der Waals surface area contributed by atoms with Crippen LogP contribution in [0.25, 0.3) is 33.2 Å². The predicted octanol–water partition coefficient (Wildman–Crippen LogP) is 5.90. The van der Waals surface area contributed by atoms with Crippen LogP contribution in [0.1, 0.15) is 24.6 Å². The van der Waals surface area contributed by atoms with Crippen molar-refractivity contribution < 1.29 is 0 Å². The number of aliphatic imine (C=N–C) groups is 1. The molecule has 154 valence electrons. The molecule has 3 nitrogen and oxygen atoms in total. The highest BCUT2D eigenvalue weighted by Crippen LogP contribution is 2.32. The molecule has 0 atom stereocenters. The number of benzene rings is 3. The molecular formula is C28H24BN3. The summed E-state index contributed by atoms with van der Waals surface area (Å²) in [6, 6.07) is 23.2. The van der Waals surface area contributed by atoms with Crippen molar-refractivity contribution in [3.05, 3.63) is 108 Å². The van der Waals surface area contributed by atoms with Gasteiger partial charge in [0, 0.05) is 11.3 Å². The average molecular weight is 413 g/mol. The summed E-state index contributed by atoms with van der Waals surface area (Å²) >= 11 is 0. The largest absolute Gasteiger partial charge is 0.403 e. The van der Waals surface area contributed by atoms with Crippen LogP contribution in [0, 0.1) is 0 Å². The molecule has 0 aliphatic carbocycles. The van der Waals surface area contributed by atoms with E-state index >= 15 is 0 Å². The van der Waals surface area contributed by atoms with Crippen LogP contribution in [-0.2, 0) is 0 Å². The molecule has 2 N–H and O–H groups in total. The van der Waals surface area contributed by atoms with Gasteiger partial charge in [0.15, 0.2) is 0 Å². The molecule has 2 heterocycles.